The Balaban J connectivity index is 1.45. The molecule has 2 aromatic heterocycles. The Hall–Kier alpha value is -3.22. The van der Waals surface area contributed by atoms with Gasteiger partial charge in [-0.1, -0.05) is 30.3 Å². The second-order valence-electron chi connectivity index (χ2n) is 6.28. The fraction of sp³-hybridized carbons (Fsp3) is 0.263. The van der Waals surface area contributed by atoms with Crippen molar-refractivity contribution in [2.45, 2.75) is 25.4 Å². The van der Waals surface area contributed by atoms with Crippen LogP contribution < -0.4 is 5.32 Å². The van der Waals surface area contributed by atoms with Crippen LogP contribution in [-0.4, -0.2) is 37.6 Å². The van der Waals surface area contributed by atoms with E-state index < -0.39 is 0 Å². The number of carbonyl (C=O) groups excluding carboxylic acids is 1. The van der Waals surface area contributed by atoms with Crippen molar-refractivity contribution in [1.82, 2.24) is 30.4 Å². The van der Waals surface area contributed by atoms with Crippen molar-refractivity contribution in [2.75, 3.05) is 6.54 Å². The molecule has 132 valence electrons. The number of amides is 2. The molecule has 2 N–H and O–H groups in total. The van der Waals surface area contributed by atoms with E-state index in [2.05, 4.69) is 25.5 Å². The number of carbonyl (C=O) groups is 1. The maximum Gasteiger partial charge on any atom is 0.318 e. The number of hydrogen-bond acceptors (Lipinski definition) is 4. The van der Waals surface area contributed by atoms with Gasteiger partial charge in [0.2, 0.25) is 0 Å². The Bertz CT molecular complexity index is 864. The zero-order valence-electron chi connectivity index (χ0n) is 14.3. The number of urea groups is 1. The van der Waals surface area contributed by atoms with Crippen LogP contribution in [0.2, 0.25) is 0 Å². The highest BCUT2D eigenvalue weighted by molar-refractivity contribution is 5.75. The van der Waals surface area contributed by atoms with Gasteiger partial charge in [-0.2, -0.15) is 5.10 Å². The zero-order valence-corrected chi connectivity index (χ0v) is 14.3. The third kappa shape index (κ3) is 3.42. The lowest BCUT2D eigenvalue weighted by Crippen LogP contribution is -2.39. The average Bonchev–Trinajstić information content (AvgIpc) is 3.37. The summed E-state index contributed by atoms with van der Waals surface area (Å²) in [6.07, 6.45) is 5.26. The summed E-state index contributed by atoms with van der Waals surface area (Å²) in [5, 5.41) is 10.3. The highest BCUT2D eigenvalue weighted by atomic mass is 16.2. The number of aromatic amines is 1. The van der Waals surface area contributed by atoms with Gasteiger partial charge in [-0.3, -0.25) is 10.1 Å². The minimum absolute atomic E-state index is 0.0711. The molecule has 1 unspecified atom stereocenters. The summed E-state index contributed by atoms with van der Waals surface area (Å²) >= 11 is 0. The van der Waals surface area contributed by atoms with Crippen molar-refractivity contribution in [3.05, 3.63) is 66.2 Å². The predicted molar refractivity (Wildman–Crippen MR) is 97.0 cm³/mol. The molecule has 0 radical (unpaired) electrons. The molecule has 1 aliphatic rings. The molecule has 1 saturated heterocycles. The third-order valence-electron chi connectivity index (χ3n) is 4.56. The minimum atomic E-state index is -0.0751. The van der Waals surface area contributed by atoms with Crippen LogP contribution in [0.3, 0.4) is 0 Å². The maximum atomic E-state index is 12.6. The third-order valence-corrected chi connectivity index (χ3v) is 4.56. The lowest BCUT2D eigenvalue weighted by atomic mass is 10.2. The normalized spacial score (nSPS) is 16.6. The molecule has 26 heavy (non-hydrogen) atoms. The molecule has 1 aliphatic heterocycles. The van der Waals surface area contributed by atoms with Gasteiger partial charge in [0.15, 0.2) is 5.82 Å². The standard InChI is InChI=1S/C19H20N6O/c26-19(21-13-14-5-2-1-3-6-14)25-12-4-7-16(25)18-22-17(23-24-18)15-8-10-20-11-9-15/h1-3,5-6,8-11,16H,4,7,12-13H2,(H,21,26)(H,22,23,24). The summed E-state index contributed by atoms with van der Waals surface area (Å²) in [6, 6.07) is 13.5. The van der Waals surface area contributed by atoms with E-state index in [4.69, 9.17) is 0 Å². The Morgan fingerprint density at radius 2 is 2.00 bits per heavy atom. The molecule has 0 saturated carbocycles. The van der Waals surface area contributed by atoms with Crippen molar-refractivity contribution in [1.29, 1.82) is 0 Å². The van der Waals surface area contributed by atoms with Crippen LogP contribution in [0, 0.1) is 0 Å². The molecular formula is C19H20N6O. The SMILES string of the molecule is O=C(NCc1ccccc1)N1CCCC1c1nc(-c2ccncc2)n[nH]1. The number of rotatable bonds is 4. The summed E-state index contributed by atoms with van der Waals surface area (Å²) in [6.45, 7) is 1.23. The van der Waals surface area contributed by atoms with E-state index in [0.29, 0.717) is 12.4 Å². The van der Waals surface area contributed by atoms with Gasteiger partial charge >= 0.3 is 6.03 Å². The molecule has 3 heterocycles. The Labute approximate surface area is 151 Å². The van der Waals surface area contributed by atoms with Crippen LogP contribution in [0.15, 0.2) is 54.9 Å². The van der Waals surface area contributed by atoms with E-state index in [1.165, 1.54) is 0 Å². The maximum absolute atomic E-state index is 12.6. The smallest absolute Gasteiger partial charge is 0.318 e. The number of nitrogens with zero attached hydrogens (tertiary/aromatic N) is 4. The van der Waals surface area contributed by atoms with Crippen LogP contribution in [0.4, 0.5) is 4.79 Å². The van der Waals surface area contributed by atoms with Gasteiger partial charge < -0.3 is 10.2 Å². The molecular weight excluding hydrogens is 328 g/mol. The Morgan fingerprint density at radius 3 is 2.81 bits per heavy atom. The van der Waals surface area contributed by atoms with Gasteiger partial charge in [0.05, 0.1) is 6.04 Å². The number of H-pyrrole nitrogens is 1. The van der Waals surface area contributed by atoms with Crippen molar-refractivity contribution in [2.24, 2.45) is 0 Å². The number of nitrogens with one attached hydrogen (secondary N) is 2. The van der Waals surface area contributed by atoms with Crippen LogP contribution in [-0.2, 0) is 6.54 Å². The van der Waals surface area contributed by atoms with Gasteiger partial charge in [-0.25, -0.2) is 9.78 Å². The van der Waals surface area contributed by atoms with Crippen LogP contribution >= 0.6 is 0 Å². The molecule has 0 bridgehead atoms. The first-order chi connectivity index (χ1) is 12.8. The van der Waals surface area contributed by atoms with Gasteiger partial charge in [-0.05, 0) is 30.5 Å². The van der Waals surface area contributed by atoms with Gasteiger partial charge in [0.25, 0.3) is 0 Å². The van der Waals surface area contributed by atoms with E-state index in [1.54, 1.807) is 12.4 Å². The number of pyridine rings is 1. The number of hydrogen-bond donors (Lipinski definition) is 2. The van der Waals surface area contributed by atoms with Crippen molar-refractivity contribution in [3.63, 3.8) is 0 Å². The molecule has 7 nitrogen and oxygen atoms in total. The monoisotopic (exact) mass is 348 g/mol. The largest absolute Gasteiger partial charge is 0.334 e. The quantitative estimate of drug-likeness (QED) is 0.759. The van der Waals surface area contributed by atoms with Crippen molar-refractivity contribution in [3.8, 4) is 11.4 Å². The van der Waals surface area contributed by atoms with E-state index in [9.17, 15) is 4.79 Å². The minimum Gasteiger partial charge on any atom is -0.334 e. The summed E-state index contributed by atoms with van der Waals surface area (Å²) in [4.78, 5) is 23.1. The fourth-order valence-electron chi connectivity index (χ4n) is 3.22. The highest BCUT2D eigenvalue weighted by Gasteiger charge is 2.32. The van der Waals surface area contributed by atoms with E-state index in [-0.39, 0.29) is 12.1 Å². The van der Waals surface area contributed by atoms with Gasteiger partial charge in [0.1, 0.15) is 5.82 Å². The second kappa shape index (κ2) is 7.35. The predicted octanol–water partition coefficient (Wildman–Crippen LogP) is 2.91. The molecule has 1 fully saturated rings. The van der Waals surface area contributed by atoms with Crippen LogP contribution in [0.5, 0.6) is 0 Å². The molecule has 0 spiro atoms. The summed E-state index contributed by atoms with van der Waals surface area (Å²) in [7, 11) is 0. The second-order valence-corrected chi connectivity index (χ2v) is 6.28. The highest BCUT2D eigenvalue weighted by Crippen LogP contribution is 2.30. The van der Waals surface area contributed by atoms with E-state index >= 15 is 0 Å². The zero-order chi connectivity index (χ0) is 17.8. The number of benzene rings is 1. The Morgan fingerprint density at radius 1 is 1.19 bits per heavy atom. The number of aromatic nitrogens is 4. The van der Waals surface area contributed by atoms with Crippen molar-refractivity contribution < 1.29 is 4.79 Å². The average molecular weight is 348 g/mol. The molecule has 2 amide bonds. The summed E-state index contributed by atoms with van der Waals surface area (Å²) in [5.74, 6) is 1.35. The van der Waals surface area contributed by atoms with Crippen molar-refractivity contribution >= 4 is 6.03 Å². The molecule has 1 aromatic carbocycles. The molecule has 4 rings (SSSR count). The Kier molecular flexibility index (Phi) is 4.59. The van der Waals surface area contributed by atoms with Gasteiger partial charge in [-0.15, -0.1) is 0 Å². The van der Waals surface area contributed by atoms with Gasteiger partial charge in [0, 0.05) is 31.0 Å². The van der Waals surface area contributed by atoms with Crippen LogP contribution in [0.25, 0.3) is 11.4 Å². The molecule has 1 atom stereocenters. The summed E-state index contributed by atoms with van der Waals surface area (Å²) in [5.41, 5.74) is 1.98. The summed E-state index contributed by atoms with van der Waals surface area (Å²) < 4.78 is 0. The fourth-order valence-corrected chi connectivity index (χ4v) is 3.22. The number of likely N-dealkylation sites (tertiary alicyclic amines) is 1. The molecule has 3 aromatic rings. The van der Waals surface area contributed by atoms with Crippen LogP contribution in [0.1, 0.15) is 30.3 Å². The lowest BCUT2D eigenvalue weighted by Gasteiger charge is -2.23. The first-order valence-corrected chi connectivity index (χ1v) is 8.72. The van der Waals surface area contributed by atoms with E-state index in [1.807, 2.05) is 47.4 Å². The lowest BCUT2D eigenvalue weighted by molar-refractivity contribution is 0.190. The molecule has 0 aliphatic carbocycles. The van der Waals surface area contributed by atoms with E-state index in [0.717, 1.165) is 36.3 Å². The molecule has 7 heteroatoms. The topological polar surface area (TPSA) is 86.8 Å². The first-order valence-electron chi connectivity index (χ1n) is 8.72. The first kappa shape index (κ1) is 16.3.